The largest absolute Gasteiger partial charge is 0.355 e. The lowest BCUT2D eigenvalue weighted by Gasteiger charge is -2.21. The van der Waals surface area contributed by atoms with Crippen LogP contribution in [0.1, 0.15) is 48.2 Å². The molecular formula is C23H29N3O2S. The van der Waals surface area contributed by atoms with Crippen molar-refractivity contribution >= 4 is 23.6 Å². The highest BCUT2D eigenvalue weighted by molar-refractivity contribution is 8.00. The summed E-state index contributed by atoms with van der Waals surface area (Å²) < 4.78 is 0. The van der Waals surface area contributed by atoms with E-state index in [0.717, 1.165) is 17.1 Å². The van der Waals surface area contributed by atoms with E-state index in [1.54, 1.807) is 12.3 Å². The Morgan fingerprint density at radius 3 is 2.59 bits per heavy atom. The van der Waals surface area contributed by atoms with Crippen molar-refractivity contribution in [2.75, 3.05) is 18.8 Å². The number of aromatic nitrogens is 1. The quantitative estimate of drug-likeness (QED) is 0.615. The van der Waals surface area contributed by atoms with Crippen molar-refractivity contribution in [1.82, 2.24) is 15.6 Å². The van der Waals surface area contributed by atoms with Gasteiger partial charge in [0.25, 0.3) is 5.91 Å². The van der Waals surface area contributed by atoms with Gasteiger partial charge >= 0.3 is 0 Å². The van der Waals surface area contributed by atoms with E-state index in [1.165, 1.54) is 43.9 Å². The van der Waals surface area contributed by atoms with Crippen molar-refractivity contribution in [2.24, 2.45) is 5.92 Å². The summed E-state index contributed by atoms with van der Waals surface area (Å²) in [6.07, 6.45) is 8.74. The van der Waals surface area contributed by atoms with Crippen molar-refractivity contribution in [3.63, 3.8) is 0 Å². The van der Waals surface area contributed by atoms with Crippen molar-refractivity contribution in [3.8, 4) is 0 Å². The van der Waals surface area contributed by atoms with Gasteiger partial charge in [0.1, 0.15) is 0 Å². The second-order valence-corrected chi connectivity index (χ2v) is 8.44. The van der Waals surface area contributed by atoms with Gasteiger partial charge in [-0.15, -0.1) is 11.8 Å². The van der Waals surface area contributed by atoms with E-state index >= 15 is 0 Å². The summed E-state index contributed by atoms with van der Waals surface area (Å²) in [7, 11) is 0. The number of benzene rings is 1. The van der Waals surface area contributed by atoms with Crippen LogP contribution in [0.5, 0.6) is 0 Å². The van der Waals surface area contributed by atoms with E-state index in [-0.39, 0.29) is 11.8 Å². The zero-order valence-corrected chi connectivity index (χ0v) is 17.5. The molecule has 1 saturated carbocycles. The highest BCUT2D eigenvalue weighted by Crippen LogP contribution is 2.24. The number of carbonyl (C=O) groups excluding carboxylic acids is 2. The summed E-state index contributed by atoms with van der Waals surface area (Å²) in [4.78, 5) is 29.9. The van der Waals surface area contributed by atoms with Crippen LogP contribution in [-0.2, 0) is 11.2 Å². The lowest BCUT2D eigenvalue weighted by molar-refractivity contribution is -0.118. The molecule has 1 aliphatic carbocycles. The fourth-order valence-corrected chi connectivity index (χ4v) is 4.45. The normalized spacial score (nSPS) is 14.3. The molecule has 2 aromatic rings. The zero-order chi connectivity index (χ0) is 20.3. The summed E-state index contributed by atoms with van der Waals surface area (Å²) in [6, 6.07) is 13.2. The van der Waals surface area contributed by atoms with Crippen LogP contribution in [0.2, 0.25) is 0 Å². The number of hydrogen-bond acceptors (Lipinski definition) is 4. The first-order valence-electron chi connectivity index (χ1n) is 10.4. The highest BCUT2D eigenvalue weighted by atomic mass is 32.2. The molecule has 1 aliphatic rings. The van der Waals surface area contributed by atoms with Crippen LogP contribution in [0.3, 0.4) is 0 Å². The van der Waals surface area contributed by atoms with Crippen molar-refractivity contribution in [3.05, 3.63) is 59.9 Å². The fraction of sp³-hybridized carbons (Fsp3) is 0.435. The Morgan fingerprint density at radius 2 is 1.79 bits per heavy atom. The Morgan fingerprint density at radius 1 is 1.00 bits per heavy atom. The minimum atomic E-state index is -0.119. The molecule has 2 amide bonds. The Hall–Kier alpha value is -2.34. The molecule has 0 spiro atoms. The minimum absolute atomic E-state index is 0.0333. The van der Waals surface area contributed by atoms with Crippen LogP contribution in [0, 0.1) is 5.92 Å². The minimum Gasteiger partial charge on any atom is -0.355 e. The van der Waals surface area contributed by atoms with E-state index in [1.807, 2.05) is 36.4 Å². The van der Waals surface area contributed by atoms with E-state index in [9.17, 15) is 9.59 Å². The molecular weight excluding hydrogens is 382 g/mol. The van der Waals surface area contributed by atoms with Crippen LogP contribution < -0.4 is 10.6 Å². The Labute approximate surface area is 177 Å². The molecule has 0 radical (unpaired) electrons. The molecule has 1 aromatic heterocycles. The molecule has 0 saturated heterocycles. The van der Waals surface area contributed by atoms with Gasteiger partial charge in [0.15, 0.2) is 0 Å². The molecule has 1 fully saturated rings. The van der Waals surface area contributed by atoms with Gasteiger partial charge in [-0.2, -0.15) is 0 Å². The molecule has 5 nitrogen and oxygen atoms in total. The second kappa shape index (κ2) is 11.6. The van der Waals surface area contributed by atoms with Gasteiger partial charge in [0.2, 0.25) is 5.91 Å². The van der Waals surface area contributed by atoms with Crippen LogP contribution >= 0.6 is 11.8 Å². The monoisotopic (exact) mass is 411 g/mol. The molecule has 0 aliphatic heterocycles. The number of amides is 2. The third-order valence-corrected chi connectivity index (χ3v) is 6.27. The number of rotatable bonds is 9. The number of pyridine rings is 1. The van der Waals surface area contributed by atoms with Gasteiger partial charge < -0.3 is 10.6 Å². The average molecular weight is 412 g/mol. The summed E-state index contributed by atoms with van der Waals surface area (Å²) in [5.41, 5.74) is 1.56. The lowest BCUT2D eigenvalue weighted by atomic mass is 9.89. The first-order valence-corrected chi connectivity index (χ1v) is 11.4. The number of nitrogens with zero attached hydrogens (tertiary/aromatic N) is 1. The Bertz CT molecular complexity index is 792. The molecule has 1 aromatic carbocycles. The summed E-state index contributed by atoms with van der Waals surface area (Å²) in [5, 5.41) is 6.01. The van der Waals surface area contributed by atoms with Gasteiger partial charge in [0, 0.05) is 36.3 Å². The van der Waals surface area contributed by atoms with Gasteiger partial charge in [-0.25, -0.2) is 0 Å². The summed E-state index contributed by atoms with van der Waals surface area (Å²) in [5.74, 6) is 0.859. The number of thioether (sulfide) groups is 1. The predicted octanol–water partition coefficient (Wildman–Crippen LogP) is 3.84. The standard InChI is InChI=1S/C23H29N3O2S/c27-22(26-16-18-8-2-1-3-9-18)17-29-21-12-5-4-11-20(21)23(28)25-15-13-19-10-6-7-14-24-19/h4-7,10-12,14,18H,1-3,8-9,13,15-17H2,(H,25,28)(H,26,27). The third kappa shape index (κ3) is 7.20. The fourth-order valence-electron chi connectivity index (χ4n) is 3.57. The molecule has 2 N–H and O–H groups in total. The first-order chi connectivity index (χ1) is 14.2. The first kappa shape index (κ1) is 21.4. The average Bonchev–Trinajstić information content (AvgIpc) is 2.78. The maximum absolute atomic E-state index is 12.6. The zero-order valence-electron chi connectivity index (χ0n) is 16.7. The van der Waals surface area contributed by atoms with Crippen LogP contribution in [0.4, 0.5) is 0 Å². The van der Waals surface area contributed by atoms with E-state index in [4.69, 9.17) is 0 Å². The van der Waals surface area contributed by atoms with Gasteiger partial charge in [-0.1, -0.05) is 37.5 Å². The van der Waals surface area contributed by atoms with Crippen LogP contribution in [-0.4, -0.2) is 35.6 Å². The molecule has 0 bridgehead atoms. The Balaban J connectivity index is 1.45. The number of hydrogen-bond donors (Lipinski definition) is 2. The third-order valence-electron chi connectivity index (χ3n) is 5.20. The summed E-state index contributed by atoms with van der Waals surface area (Å²) >= 11 is 1.41. The Kier molecular flexibility index (Phi) is 8.56. The summed E-state index contributed by atoms with van der Waals surface area (Å²) in [6.45, 7) is 1.30. The smallest absolute Gasteiger partial charge is 0.252 e. The van der Waals surface area contributed by atoms with E-state index < -0.39 is 0 Å². The topological polar surface area (TPSA) is 71.1 Å². The highest BCUT2D eigenvalue weighted by Gasteiger charge is 2.15. The number of nitrogens with one attached hydrogen (secondary N) is 2. The van der Waals surface area contributed by atoms with Gasteiger partial charge in [-0.05, 0) is 43.0 Å². The molecule has 0 unspecified atom stereocenters. The van der Waals surface area contributed by atoms with E-state index in [2.05, 4.69) is 15.6 Å². The van der Waals surface area contributed by atoms with Crippen LogP contribution in [0.25, 0.3) is 0 Å². The predicted molar refractivity (Wildman–Crippen MR) is 117 cm³/mol. The molecule has 0 atom stereocenters. The maximum atomic E-state index is 12.6. The molecule has 29 heavy (non-hydrogen) atoms. The molecule has 6 heteroatoms. The SMILES string of the molecule is O=C(CSc1ccccc1C(=O)NCCc1ccccn1)NCC1CCCCC1. The molecule has 154 valence electrons. The van der Waals surface area contributed by atoms with Crippen LogP contribution in [0.15, 0.2) is 53.6 Å². The second-order valence-electron chi connectivity index (χ2n) is 7.42. The van der Waals surface area contributed by atoms with Gasteiger partial charge in [-0.3, -0.25) is 14.6 Å². The molecule has 3 rings (SSSR count). The van der Waals surface area contributed by atoms with Crippen molar-refractivity contribution < 1.29 is 9.59 Å². The van der Waals surface area contributed by atoms with Crippen molar-refractivity contribution in [1.29, 1.82) is 0 Å². The number of carbonyl (C=O) groups is 2. The van der Waals surface area contributed by atoms with Crippen molar-refractivity contribution in [2.45, 2.75) is 43.4 Å². The van der Waals surface area contributed by atoms with Gasteiger partial charge in [0.05, 0.1) is 11.3 Å². The maximum Gasteiger partial charge on any atom is 0.252 e. The molecule has 1 heterocycles. The van der Waals surface area contributed by atoms with E-state index in [0.29, 0.717) is 30.2 Å². The lowest BCUT2D eigenvalue weighted by Crippen LogP contribution is -2.31.